The second-order valence-electron chi connectivity index (χ2n) is 6.75. The molecule has 118 valence electrons. The molecule has 2 aliphatic rings. The van der Waals surface area contributed by atoms with Gasteiger partial charge in [0.1, 0.15) is 0 Å². The second kappa shape index (κ2) is 6.35. The van der Waals surface area contributed by atoms with Gasteiger partial charge in [-0.2, -0.15) is 0 Å². The molecule has 4 heteroatoms. The van der Waals surface area contributed by atoms with Crippen molar-refractivity contribution in [1.82, 2.24) is 10.3 Å². The molecule has 3 rings (SSSR count). The standard InChI is InChI=1S/C17H28N2OS/c1-4-9-18-15(16-12(2)19-13(3)21-16)14-6-10-20-17(11-14)7-5-8-17/h14-15,18H,4-11H2,1-3H3. The van der Waals surface area contributed by atoms with Crippen molar-refractivity contribution >= 4 is 11.3 Å². The van der Waals surface area contributed by atoms with E-state index in [2.05, 4.69) is 31.1 Å². The molecule has 0 amide bonds. The molecule has 0 radical (unpaired) electrons. The minimum atomic E-state index is 0.225. The zero-order valence-corrected chi connectivity index (χ0v) is 14.4. The fourth-order valence-electron chi connectivity index (χ4n) is 3.88. The van der Waals surface area contributed by atoms with Gasteiger partial charge in [-0.25, -0.2) is 4.98 Å². The summed E-state index contributed by atoms with van der Waals surface area (Å²) in [5.41, 5.74) is 1.45. The topological polar surface area (TPSA) is 34.2 Å². The lowest BCUT2D eigenvalue weighted by Gasteiger charge is -2.48. The van der Waals surface area contributed by atoms with Gasteiger partial charge in [-0.15, -0.1) is 11.3 Å². The normalized spacial score (nSPS) is 25.8. The van der Waals surface area contributed by atoms with Gasteiger partial charge in [0.25, 0.3) is 0 Å². The predicted octanol–water partition coefficient (Wildman–Crippen LogP) is 4.15. The van der Waals surface area contributed by atoms with E-state index in [-0.39, 0.29) is 5.60 Å². The molecular formula is C17H28N2OS. The number of aryl methyl sites for hydroxylation is 2. The van der Waals surface area contributed by atoms with Crippen LogP contribution in [0.4, 0.5) is 0 Å². The Morgan fingerprint density at radius 2 is 2.24 bits per heavy atom. The van der Waals surface area contributed by atoms with Gasteiger partial charge in [-0.3, -0.25) is 0 Å². The highest BCUT2D eigenvalue weighted by molar-refractivity contribution is 7.11. The summed E-state index contributed by atoms with van der Waals surface area (Å²) in [7, 11) is 0. The van der Waals surface area contributed by atoms with Crippen LogP contribution in [0.1, 0.15) is 67.1 Å². The van der Waals surface area contributed by atoms with E-state index in [4.69, 9.17) is 4.74 Å². The van der Waals surface area contributed by atoms with Crippen molar-refractivity contribution < 1.29 is 4.74 Å². The van der Waals surface area contributed by atoms with E-state index in [9.17, 15) is 0 Å². The van der Waals surface area contributed by atoms with Gasteiger partial charge in [0.15, 0.2) is 0 Å². The molecule has 2 heterocycles. The highest BCUT2D eigenvalue weighted by atomic mass is 32.1. The van der Waals surface area contributed by atoms with Crippen molar-refractivity contribution in [2.24, 2.45) is 5.92 Å². The Morgan fingerprint density at radius 3 is 2.81 bits per heavy atom. The summed E-state index contributed by atoms with van der Waals surface area (Å²) in [6.45, 7) is 8.55. The molecule has 1 aliphatic heterocycles. The van der Waals surface area contributed by atoms with Gasteiger partial charge in [0.05, 0.1) is 16.3 Å². The first kappa shape index (κ1) is 15.4. The third kappa shape index (κ3) is 3.17. The SMILES string of the molecule is CCCNC(c1sc(C)nc1C)C1CCOC2(CCC2)C1. The van der Waals surface area contributed by atoms with Crippen molar-refractivity contribution in [3.63, 3.8) is 0 Å². The van der Waals surface area contributed by atoms with E-state index in [1.54, 1.807) is 0 Å². The van der Waals surface area contributed by atoms with Crippen LogP contribution in [-0.4, -0.2) is 23.7 Å². The molecule has 1 saturated heterocycles. The van der Waals surface area contributed by atoms with Crippen LogP contribution in [0.3, 0.4) is 0 Å². The molecule has 0 aromatic carbocycles. The molecule has 1 spiro atoms. The smallest absolute Gasteiger partial charge is 0.0900 e. The van der Waals surface area contributed by atoms with Crippen LogP contribution >= 0.6 is 11.3 Å². The van der Waals surface area contributed by atoms with Crippen LogP contribution in [0.25, 0.3) is 0 Å². The monoisotopic (exact) mass is 308 g/mol. The lowest BCUT2D eigenvalue weighted by atomic mass is 9.70. The Kier molecular flexibility index (Phi) is 4.67. The van der Waals surface area contributed by atoms with Gasteiger partial charge in [-0.1, -0.05) is 6.92 Å². The summed E-state index contributed by atoms with van der Waals surface area (Å²) in [5.74, 6) is 0.698. The Balaban J connectivity index is 1.79. The Bertz CT molecular complexity index is 481. The number of aromatic nitrogens is 1. The van der Waals surface area contributed by atoms with E-state index in [0.717, 1.165) is 13.2 Å². The number of nitrogens with one attached hydrogen (secondary N) is 1. The fraction of sp³-hybridized carbons (Fsp3) is 0.824. The Morgan fingerprint density at radius 1 is 1.43 bits per heavy atom. The molecule has 21 heavy (non-hydrogen) atoms. The van der Waals surface area contributed by atoms with Gasteiger partial charge in [0, 0.05) is 17.5 Å². The van der Waals surface area contributed by atoms with Crippen molar-refractivity contribution in [2.45, 2.75) is 70.9 Å². The maximum Gasteiger partial charge on any atom is 0.0900 e. The second-order valence-corrected chi connectivity index (χ2v) is 7.99. The summed E-state index contributed by atoms with van der Waals surface area (Å²) in [4.78, 5) is 6.11. The number of hydrogen-bond donors (Lipinski definition) is 1. The molecule has 1 saturated carbocycles. The highest BCUT2D eigenvalue weighted by Gasteiger charge is 2.44. The summed E-state index contributed by atoms with van der Waals surface area (Å²) in [6, 6.07) is 0.470. The molecule has 2 atom stereocenters. The molecule has 1 N–H and O–H groups in total. The first-order chi connectivity index (χ1) is 10.1. The van der Waals surface area contributed by atoms with Crippen LogP contribution < -0.4 is 5.32 Å². The number of hydrogen-bond acceptors (Lipinski definition) is 4. The van der Waals surface area contributed by atoms with E-state index >= 15 is 0 Å². The first-order valence-corrected chi connectivity index (χ1v) is 9.26. The minimum Gasteiger partial charge on any atom is -0.375 e. The third-order valence-electron chi connectivity index (χ3n) is 5.10. The van der Waals surface area contributed by atoms with Gasteiger partial charge in [0.2, 0.25) is 0 Å². The lowest BCUT2D eigenvalue weighted by Crippen LogP contribution is -2.48. The quantitative estimate of drug-likeness (QED) is 0.887. The summed E-state index contributed by atoms with van der Waals surface area (Å²) < 4.78 is 6.12. The van der Waals surface area contributed by atoms with Gasteiger partial charge >= 0.3 is 0 Å². The maximum absolute atomic E-state index is 6.12. The number of rotatable bonds is 5. The van der Waals surface area contributed by atoms with Gasteiger partial charge in [-0.05, 0) is 64.8 Å². The molecule has 1 aromatic heterocycles. The van der Waals surface area contributed by atoms with E-state index in [1.807, 2.05) is 11.3 Å². The zero-order chi connectivity index (χ0) is 14.9. The fourth-order valence-corrected chi connectivity index (χ4v) is 4.98. The summed E-state index contributed by atoms with van der Waals surface area (Å²) >= 11 is 1.88. The zero-order valence-electron chi connectivity index (χ0n) is 13.6. The molecule has 1 aliphatic carbocycles. The predicted molar refractivity (Wildman–Crippen MR) is 87.9 cm³/mol. The van der Waals surface area contributed by atoms with E-state index in [0.29, 0.717) is 12.0 Å². The Hall–Kier alpha value is -0.450. The minimum absolute atomic E-state index is 0.225. The first-order valence-electron chi connectivity index (χ1n) is 8.45. The van der Waals surface area contributed by atoms with Crippen LogP contribution in [0.5, 0.6) is 0 Å². The number of nitrogens with zero attached hydrogens (tertiary/aromatic N) is 1. The van der Waals surface area contributed by atoms with E-state index < -0.39 is 0 Å². The van der Waals surface area contributed by atoms with Crippen molar-refractivity contribution in [3.05, 3.63) is 15.6 Å². The lowest BCUT2D eigenvalue weighted by molar-refractivity contribution is -0.147. The van der Waals surface area contributed by atoms with Crippen molar-refractivity contribution in [1.29, 1.82) is 0 Å². The average molecular weight is 308 g/mol. The molecule has 2 fully saturated rings. The van der Waals surface area contributed by atoms with Crippen LogP contribution in [-0.2, 0) is 4.74 Å². The largest absolute Gasteiger partial charge is 0.375 e. The maximum atomic E-state index is 6.12. The van der Waals surface area contributed by atoms with Crippen molar-refractivity contribution in [2.75, 3.05) is 13.2 Å². The molecule has 0 bridgehead atoms. The molecular weight excluding hydrogens is 280 g/mol. The highest BCUT2D eigenvalue weighted by Crippen LogP contribution is 2.48. The average Bonchev–Trinajstić information content (AvgIpc) is 2.77. The Labute approximate surface area is 132 Å². The number of ether oxygens (including phenoxy) is 1. The van der Waals surface area contributed by atoms with Crippen molar-refractivity contribution in [3.8, 4) is 0 Å². The summed E-state index contributed by atoms with van der Waals surface area (Å²) in [5, 5.41) is 5.00. The number of thiazole rings is 1. The van der Waals surface area contributed by atoms with Crippen LogP contribution in [0, 0.1) is 19.8 Å². The van der Waals surface area contributed by atoms with Crippen LogP contribution in [0.2, 0.25) is 0 Å². The van der Waals surface area contributed by atoms with Gasteiger partial charge < -0.3 is 10.1 Å². The molecule has 2 unspecified atom stereocenters. The summed E-state index contributed by atoms with van der Waals surface area (Å²) in [6.07, 6.45) is 7.47. The molecule has 3 nitrogen and oxygen atoms in total. The molecule has 1 aromatic rings. The van der Waals surface area contributed by atoms with Crippen LogP contribution in [0.15, 0.2) is 0 Å². The third-order valence-corrected chi connectivity index (χ3v) is 6.26. The van der Waals surface area contributed by atoms with E-state index in [1.165, 1.54) is 54.1 Å².